The summed E-state index contributed by atoms with van der Waals surface area (Å²) in [7, 11) is 0. The van der Waals surface area contributed by atoms with Crippen molar-refractivity contribution in [2.45, 2.75) is 79.0 Å². The second-order valence-electron chi connectivity index (χ2n) is 7.55. The Morgan fingerprint density at radius 3 is 2.29 bits per heavy atom. The summed E-state index contributed by atoms with van der Waals surface area (Å²) in [6.45, 7) is 17.3. The van der Waals surface area contributed by atoms with Crippen LogP contribution in [0.1, 0.15) is 72.2 Å². The zero-order chi connectivity index (χ0) is 16.4. The van der Waals surface area contributed by atoms with Gasteiger partial charge in [-0.1, -0.05) is 20.3 Å². The van der Waals surface area contributed by atoms with Crippen LogP contribution in [-0.2, 0) is 5.54 Å². The van der Waals surface area contributed by atoms with Gasteiger partial charge < -0.3 is 10.4 Å². The maximum absolute atomic E-state index is 10.5. The Morgan fingerprint density at radius 2 is 1.86 bits per heavy atom. The zero-order valence-electron chi connectivity index (χ0n) is 15.0. The van der Waals surface area contributed by atoms with E-state index in [9.17, 15) is 5.11 Å². The topological polar surface area (TPSA) is 50.1 Å². The molecular formula is C17H33N3O. The fraction of sp³-hybridized carbons (Fsp3) is 0.824. The van der Waals surface area contributed by atoms with Gasteiger partial charge in [0.15, 0.2) is 0 Å². The largest absolute Gasteiger partial charge is 0.389 e. The van der Waals surface area contributed by atoms with Crippen molar-refractivity contribution in [3.8, 4) is 0 Å². The summed E-state index contributed by atoms with van der Waals surface area (Å²) < 4.78 is 2.02. The van der Waals surface area contributed by atoms with Crippen molar-refractivity contribution in [1.82, 2.24) is 15.1 Å². The molecule has 2 N–H and O–H groups in total. The fourth-order valence-corrected chi connectivity index (χ4v) is 2.33. The molecule has 0 saturated carbocycles. The third-order valence-corrected chi connectivity index (χ3v) is 4.53. The molecule has 0 fully saturated rings. The highest BCUT2D eigenvalue weighted by Gasteiger charge is 2.28. The van der Waals surface area contributed by atoms with E-state index in [0.29, 0.717) is 6.54 Å². The van der Waals surface area contributed by atoms with Crippen LogP contribution < -0.4 is 5.32 Å². The molecule has 21 heavy (non-hydrogen) atoms. The number of aromatic nitrogens is 2. The van der Waals surface area contributed by atoms with Crippen LogP contribution in [-0.4, -0.2) is 27.0 Å². The Kier molecular flexibility index (Phi) is 5.62. The number of nitrogens with zero attached hydrogens (tertiary/aromatic N) is 2. The van der Waals surface area contributed by atoms with Crippen molar-refractivity contribution in [3.05, 3.63) is 17.5 Å². The van der Waals surface area contributed by atoms with E-state index in [4.69, 9.17) is 0 Å². The molecule has 0 aliphatic heterocycles. The molecule has 0 aliphatic rings. The smallest absolute Gasteiger partial charge is 0.0769 e. The molecule has 0 bridgehead atoms. The van der Waals surface area contributed by atoms with Crippen molar-refractivity contribution < 1.29 is 5.11 Å². The van der Waals surface area contributed by atoms with E-state index in [1.807, 2.05) is 18.5 Å². The predicted molar refractivity (Wildman–Crippen MR) is 88.5 cm³/mol. The van der Waals surface area contributed by atoms with Gasteiger partial charge in [-0.05, 0) is 47.5 Å². The summed E-state index contributed by atoms with van der Waals surface area (Å²) >= 11 is 0. The van der Waals surface area contributed by atoms with Gasteiger partial charge in [0.1, 0.15) is 0 Å². The lowest BCUT2D eigenvalue weighted by atomic mass is 9.88. The van der Waals surface area contributed by atoms with E-state index in [-0.39, 0.29) is 17.5 Å². The lowest BCUT2D eigenvalue weighted by Gasteiger charge is -2.31. The maximum atomic E-state index is 10.5. The lowest BCUT2D eigenvalue weighted by Crippen LogP contribution is -2.43. The Hall–Kier alpha value is -0.870. The van der Waals surface area contributed by atoms with Crippen LogP contribution in [0.3, 0.4) is 0 Å². The van der Waals surface area contributed by atoms with Crippen LogP contribution in [0, 0.1) is 12.8 Å². The van der Waals surface area contributed by atoms with Gasteiger partial charge in [0.2, 0.25) is 0 Å². The molecule has 0 saturated heterocycles. The molecule has 1 aromatic rings. The van der Waals surface area contributed by atoms with Crippen LogP contribution >= 0.6 is 0 Å². The monoisotopic (exact) mass is 295 g/mol. The number of rotatable bonds is 6. The molecule has 4 nitrogen and oxygen atoms in total. The summed E-state index contributed by atoms with van der Waals surface area (Å²) in [6.07, 6.45) is 3.09. The van der Waals surface area contributed by atoms with Gasteiger partial charge in [0.25, 0.3) is 0 Å². The Labute approximate surface area is 129 Å². The normalized spacial score (nSPS) is 18.3. The lowest BCUT2D eigenvalue weighted by molar-refractivity contribution is 0.00363. The third-order valence-electron chi connectivity index (χ3n) is 4.53. The van der Waals surface area contributed by atoms with Crippen molar-refractivity contribution in [2.24, 2.45) is 5.92 Å². The molecular weight excluding hydrogens is 262 g/mol. The average Bonchev–Trinajstić information content (AvgIpc) is 2.77. The summed E-state index contributed by atoms with van der Waals surface area (Å²) in [4.78, 5) is 0. The Morgan fingerprint density at radius 1 is 1.29 bits per heavy atom. The summed E-state index contributed by atoms with van der Waals surface area (Å²) in [5.41, 5.74) is 1.56. The van der Waals surface area contributed by atoms with Crippen LogP contribution in [0.2, 0.25) is 0 Å². The van der Waals surface area contributed by atoms with Crippen molar-refractivity contribution >= 4 is 0 Å². The van der Waals surface area contributed by atoms with Gasteiger partial charge in [-0.3, -0.25) is 4.68 Å². The van der Waals surface area contributed by atoms with Gasteiger partial charge in [-0.2, -0.15) is 5.10 Å². The summed E-state index contributed by atoms with van der Waals surface area (Å²) in [6, 6.07) is 0.177. The molecule has 3 atom stereocenters. The van der Waals surface area contributed by atoms with Crippen molar-refractivity contribution in [2.75, 3.05) is 6.54 Å². The Balaban J connectivity index is 2.77. The van der Waals surface area contributed by atoms with Gasteiger partial charge in [0.05, 0.1) is 16.8 Å². The number of aliphatic hydroxyl groups is 1. The van der Waals surface area contributed by atoms with E-state index in [1.54, 1.807) is 0 Å². The second-order valence-corrected chi connectivity index (χ2v) is 7.55. The number of hydrogen-bond acceptors (Lipinski definition) is 3. The number of hydrogen-bond donors (Lipinski definition) is 2. The second kappa shape index (κ2) is 6.49. The number of nitrogens with one attached hydrogen (secondary N) is 1. The first-order valence-corrected chi connectivity index (χ1v) is 8.01. The fourth-order valence-electron chi connectivity index (χ4n) is 2.33. The van der Waals surface area contributed by atoms with E-state index in [0.717, 1.165) is 12.1 Å². The third kappa shape index (κ3) is 4.55. The first-order valence-electron chi connectivity index (χ1n) is 8.01. The van der Waals surface area contributed by atoms with Crippen LogP contribution in [0.15, 0.2) is 6.20 Å². The van der Waals surface area contributed by atoms with Crippen LogP contribution in [0.4, 0.5) is 0 Å². The van der Waals surface area contributed by atoms with E-state index >= 15 is 0 Å². The van der Waals surface area contributed by atoms with Crippen LogP contribution in [0.25, 0.3) is 0 Å². The molecule has 122 valence electrons. The zero-order valence-corrected chi connectivity index (χ0v) is 15.0. The van der Waals surface area contributed by atoms with E-state index < -0.39 is 5.60 Å². The molecule has 0 aliphatic carbocycles. The predicted octanol–water partition coefficient (Wildman–Crippen LogP) is 3.39. The molecule has 1 heterocycles. The highest BCUT2D eigenvalue weighted by Crippen LogP contribution is 2.23. The molecule has 1 rings (SSSR count). The molecule has 0 radical (unpaired) electrons. The Bertz CT molecular complexity index is 457. The minimum atomic E-state index is -0.684. The van der Waals surface area contributed by atoms with Crippen molar-refractivity contribution in [1.29, 1.82) is 0 Å². The number of aryl methyl sites for hydroxylation is 1. The van der Waals surface area contributed by atoms with Gasteiger partial charge in [-0.25, -0.2) is 0 Å². The first kappa shape index (κ1) is 18.2. The molecule has 1 aromatic heterocycles. The molecule has 0 aromatic carbocycles. The van der Waals surface area contributed by atoms with Crippen molar-refractivity contribution in [3.63, 3.8) is 0 Å². The minimum Gasteiger partial charge on any atom is -0.389 e. The molecule has 3 unspecified atom stereocenters. The summed E-state index contributed by atoms with van der Waals surface area (Å²) in [5.74, 6) is 0.274. The molecule has 0 amide bonds. The first-order chi connectivity index (χ1) is 9.49. The quantitative estimate of drug-likeness (QED) is 0.845. The van der Waals surface area contributed by atoms with Gasteiger partial charge in [0, 0.05) is 24.3 Å². The molecule has 0 spiro atoms. The highest BCUT2D eigenvalue weighted by atomic mass is 16.3. The average molecular weight is 295 g/mol. The molecule has 4 heteroatoms. The minimum absolute atomic E-state index is 0.00898. The van der Waals surface area contributed by atoms with E-state index in [2.05, 4.69) is 58.2 Å². The summed E-state index contributed by atoms with van der Waals surface area (Å²) in [5, 5.41) is 18.6. The maximum Gasteiger partial charge on any atom is 0.0769 e. The van der Waals surface area contributed by atoms with E-state index in [1.165, 1.54) is 5.56 Å². The van der Waals surface area contributed by atoms with Gasteiger partial charge in [-0.15, -0.1) is 0 Å². The highest BCUT2D eigenvalue weighted by molar-refractivity contribution is 5.20. The standard InChI is InChI=1S/C17H33N3O/c1-9-12(2)17(8,21)11-18-13(3)15-10-20(16(5,6)7)19-14(15)4/h10,12-13,18,21H,9,11H2,1-8H3. The SMILES string of the molecule is CCC(C)C(C)(O)CNC(C)c1cn(C(C)(C)C)nc1C. The van der Waals surface area contributed by atoms with Crippen LogP contribution in [0.5, 0.6) is 0 Å². The van der Waals surface area contributed by atoms with Gasteiger partial charge >= 0.3 is 0 Å².